The van der Waals surface area contributed by atoms with Gasteiger partial charge in [0.05, 0.1) is 23.6 Å². The minimum atomic E-state index is -0.960. The molecular weight excluding hydrogens is 516 g/mol. The van der Waals surface area contributed by atoms with Crippen molar-refractivity contribution in [1.29, 1.82) is 0 Å². The lowest BCUT2D eigenvalue weighted by Crippen LogP contribution is -2.55. The lowest BCUT2D eigenvalue weighted by molar-refractivity contribution is -0.144. The Balaban J connectivity index is 1.06. The Kier molecular flexibility index (Phi) is 7.12. The van der Waals surface area contributed by atoms with Crippen LogP contribution in [0.4, 0.5) is 0 Å². The Morgan fingerprint density at radius 3 is 2.56 bits per heavy atom. The Hall–Kier alpha value is -3.30. The van der Waals surface area contributed by atoms with E-state index in [2.05, 4.69) is 25.5 Å². The number of carbonyl (C=O) groups excluding carboxylic acids is 2. The fourth-order valence-electron chi connectivity index (χ4n) is 6.46. The summed E-state index contributed by atoms with van der Waals surface area (Å²) in [5.41, 5.74) is 2.07. The molecule has 1 saturated heterocycles. The second-order valence-electron chi connectivity index (χ2n) is 11.2. The average molecular weight is 549 g/mol. The van der Waals surface area contributed by atoms with E-state index in [-0.39, 0.29) is 29.3 Å². The van der Waals surface area contributed by atoms with Crippen LogP contribution in [0.5, 0.6) is 0 Å². The standard InChI is InChI=1S/C29H33ClN6O3/c30-22-7-5-19(6-8-22)26(37)25-18-36(34-33-25)24-15-21(16-31-17-24)27(38)32-23-13-20(14-23)28(39)35-12-4-11-29(35)9-2-1-3-10-29/h5-8,15-18,20,23,26,37H,1-4,9-14H2,(H,32,38). The molecule has 1 spiro atoms. The zero-order chi connectivity index (χ0) is 27.0. The van der Waals surface area contributed by atoms with Crippen molar-refractivity contribution in [2.45, 2.75) is 75.5 Å². The van der Waals surface area contributed by atoms with Crippen molar-refractivity contribution in [3.8, 4) is 5.69 Å². The third-order valence-corrected chi connectivity index (χ3v) is 8.95. The van der Waals surface area contributed by atoms with Crippen molar-refractivity contribution >= 4 is 23.4 Å². The molecule has 1 atom stereocenters. The number of hydrogen-bond donors (Lipinski definition) is 2. The van der Waals surface area contributed by atoms with Gasteiger partial charge in [-0.05, 0) is 62.3 Å². The molecule has 9 nitrogen and oxygen atoms in total. The van der Waals surface area contributed by atoms with Crippen LogP contribution in [0, 0.1) is 5.92 Å². The van der Waals surface area contributed by atoms with E-state index in [4.69, 9.17) is 11.6 Å². The van der Waals surface area contributed by atoms with Crippen molar-refractivity contribution in [2.24, 2.45) is 5.92 Å². The van der Waals surface area contributed by atoms with Gasteiger partial charge in [0.1, 0.15) is 11.8 Å². The summed E-state index contributed by atoms with van der Waals surface area (Å²) in [6.45, 7) is 0.881. The lowest BCUT2D eigenvalue weighted by atomic mass is 9.76. The van der Waals surface area contributed by atoms with Crippen molar-refractivity contribution in [3.63, 3.8) is 0 Å². The van der Waals surface area contributed by atoms with Crippen LogP contribution in [0.15, 0.2) is 48.9 Å². The summed E-state index contributed by atoms with van der Waals surface area (Å²) in [7, 11) is 0. The molecule has 3 heterocycles. The number of nitrogens with zero attached hydrogens (tertiary/aromatic N) is 5. The van der Waals surface area contributed by atoms with Gasteiger partial charge < -0.3 is 15.3 Å². The number of hydrogen-bond acceptors (Lipinski definition) is 6. The van der Waals surface area contributed by atoms with E-state index in [1.165, 1.54) is 30.1 Å². The quantitative estimate of drug-likeness (QED) is 0.476. The number of pyridine rings is 1. The van der Waals surface area contributed by atoms with Crippen LogP contribution in [0.2, 0.25) is 5.02 Å². The summed E-state index contributed by atoms with van der Waals surface area (Å²) in [5.74, 6) is 0.0512. The Morgan fingerprint density at radius 2 is 1.79 bits per heavy atom. The zero-order valence-corrected chi connectivity index (χ0v) is 22.6. The van der Waals surface area contributed by atoms with Crippen LogP contribution >= 0.6 is 11.6 Å². The SMILES string of the molecule is O=C(NC1CC(C(=O)N2CCCC23CCCCC3)C1)c1cncc(-n2cc(C(O)c3ccc(Cl)cc3)nn2)c1. The van der Waals surface area contributed by atoms with E-state index < -0.39 is 6.10 Å². The number of amides is 2. The van der Waals surface area contributed by atoms with Crippen LogP contribution in [0.3, 0.4) is 0 Å². The topological polar surface area (TPSA) is 113 Å². The van der Waals surface area contributed by atoms with E-state index in [1.54, 1.807) is 42.7 Å². The highest BCUT2D eigenvalue weighted by atomic mass is 35.5. The molecule has 1 aliphatic heterocycles. The van der Waals surface area contributed by atoms with Gasteiger partial charge in [-0.1, -0.05) is 48.2 Å². The Bertz CT molecular complexity index is 1350. The number of aromatic nitrogens is 4. The molecule has 2 aromatic heterocycles. The summed E-state index contributed by atoms with van der Waals surface area (Å²) < 4.78 is 1.48. The molecule has 3 aromatic rings. The minimum Gasteiger partial charge on any atom is -0.382 e. The smallest absolute Gasteiger partial charge is 0.253 e. The van der Waals surface area contributed by atoms with Crippen molar-refractivity contribution in [1.82, 2.24) is 30.2 Å². The van der Waals surface area contributed by atoms with E-state index >= 15 is 0 Å². The molecule has 204 valence electrons. The first kappa shape index (κ1) is 26.0. The molecule has 10 heteroatoms. The molecule has 39 heavy (non-hydrogen) atoms. The Labute approximate surface area is 232 Å². The van der Waals surface area contributed by atoms with Gasteiger partial charge in [-0.25, -0.2) is 4.68 Å². The van der Waals surface area contributed by atoms with Crippen molar-refractivity contribution in [3.05, 3.63) is 70.8 Å². The van der Waals surface area contributed by atoms with Crippen molar-refractivity contribution in [2.75, 3.05) is 6.54 Å². The summed E-state index contributed by atoms with van der Waals surface area (Å²) in [6.07, 6.45) is 13.4. The number of likely N-dealkylation sites (tertiary alicyclic amines) is 1. The number of halogens is 1. The number of nitrogens with one attached hydrogen (secondary N) is 1. The fourth-order valence-corrected chi connectivity index (χ4v) is 6.59. The highest BCUT2D eigenvalue weighted by Gasteiger charge is 2.47. The Morgan fingerprint density at radius 1 is 1.05 bits per heavy atom. The molecule has 0 radical (unpaired) electrons. The average Bonchev–Trinajstić information content (AvgIpc) is 3.59. The third kappa shape index (κ3) is 5.17. The number of benzene rings is 1. The van der Waals surface area contributed by atoms with Crippen LogP contribution in [0.25, 0.3) is 5.69 Å². The maximum atomic E-state index is 13.3. The van der Waals surface area contributed by atoms with Crippen LogP contribution < -0.4 is 5.32 Å². The molecule has 6 rings (SSSR count). The van der Waals surface area contributed by atoms with Gasteiger partial charge in [-0.2, -0.15) is 0 Å². The summed E-state index contributed by atoms with van der Waals surface area (Å²) in [5, 5.41) is 22.5. The molecule has 2 saturated carbocycles. The first-order valence-corrected chi connectivity index (χ1v) is 14.2. The van der Waals surface area contributed by atoms with Gasteiger partial charge in [0, 0.05) is 35.3 Å². The van der Waals surface area contributed by atoms with Gasteiger partial charge in [0.25, 0.3) is 5.91 Å². The largest absolute Gasteiger partial charge is 0.382 e. The highest BCUT2D eigenvalue weighted by Crippen LogP contribution is 2.44. The minimum absolute atomic E-state index is 0.00250. The van der Waals surface area contributed by atoms with Gasteiger partial charge in [0.2, 0.25) is 5.91 Å². The first-order chi connectivity index (χ1) is 18.9. The summed E-state index contributed by atoms with van der Waals surface area (Å²) in [4.78, 5) is 32.7. The van der Waals surface area contributed by atoms with Gasteiger partial charge in [0.15, 0.2) is 0 Å². The number of carbonyl (C=O) groups is 2. The third-order valence-electron chi connectivity index (χ3n) is 8.70. The zero-order valence-electron chi connectivity index (χ0n) is 21.8. The molecule has 3 fully saturated rings. The maximum Gasteiger partial charge on any atom is 0.253 e. The van der Waals surface area contributed by atoms with Gasteiger partial charge >= 0.3 is 0 Å². The van der Waals surface area contributed by atoms with E-state index in [0.29, 0.717) is 40.4 Å². The lowest BCUT2D eigenvalue weighted by Gasteiger charge is -2.45. The van der Waals surface area contributed by atoms with Crippen molar-refractivity contribution < 1.29 is 14.7 Å². The predicted molar refractivity (Wildman–Crippen MR) is 145 cm³/mol. The fraction of sp³-hybridized carbons (Fsp3) is 0.483. The molecule has 3 aliphatic rings. The van der Waals surface area contributed by atoms with E-state index in [9.17, 15) is 14.7 Å². The predicted octanol–water partition coefficient (Wildman–Crippen LogP) is 4.23. The molecule has 2 aliphatic carbocycles. The molecular formula is C29H33ClN6O3. The van der Waals surface area contributed by atoms with E-state index in [1.807, 2.05) is 0 Å². The molecule has 2 amide bonds. The van der Waals surface area contributed by atoms with Crippen LogP contribution in [0.1, 0.15) is 85.5 Å². The number of aliphatic hydroxyl groups excluding tert-OH is 1. The molecule has 1 unspecified atom stereocenters. The van der Waals surface area contributed by atoms with Gasteiger partial charge in [-0.15, -0.1) is 5.10 Å². The number of rotatable bonds is 6. The number of aliphatic hydroxyl groups is 1. The molecule has 2 N–H and O–H groups in total. The van der Waals surface area contributed by atoms with E-state index in [0.717, 1.165) is 32.2 Å². The maximum absolute atomic E-state index is 13.3. The van der Waals surface area contributed by atoms with Crippen LogP contribution in [-0.2, 0) is 4.79 Å². The second kappa shape index (κ2) is 10.7. The molecule has 1 aromatic carbocycles. The normalized spacial score (nSPS) is 22.9. The second-order valence-corrected chi connectivity index (χ2v) is 11.6. The van der Waals surface area contributed by atoms with Crippen LogP contribution in [-0.4, -0.2) is 59.9 Å². The summed E-state index contributed by atoms with van der Waals surface area (Å²) >= 11 is 5.94. The monoisotopic (exact) mass is 548 g/mol. The molecule has 0 bridgehead atoms. The summed E-state index contributed by atoms with van der Waals surface area (Å²) in [6, 6.07) is 8.54. The first-order valence-electron chi connectivity index (χ1n) is 13.9. The van der Waals surface area contributed by atoms with Gasteiger partial charge in [-0.3, -0.25) is 14.6 Å². The highest BCUT2D eigenvalue weighted by molar-refractivity contribution is 6.30.